The lowest BCUT2D eigenvalue weighted by atomic mass is 10.3. The molecule has 98 valence electrons. The molecule has 0 fully saturated rings. The van der Waals surface area contributed by atoms with Crippen molar-refractivity contribution in [2.24, 2.45) is 0 Å². The zero-order valence-electron chi connectivity index (χ0n) is 10.7. The molecular weight excluding hydrogens is 274 g/mol. The van der Waals surface area contributed by atoms with Crippen LogP contribution in [0.25, 0.3) is 27.3 Å². The Bertz CT molecular complexity index is 831. The van der Waals surface area contributed by atoms with Gasteiger partial charge in [-0.2, -0.15) is 5.10 Å². The number of rotatable bonds is 2. The van der Waals surface area contributed by atoms with Gasteiger partial charge in [0, 0.05) is 12.1 Å². The van der Waals surface area contributed by atoms with Crippen molar-refractivity contribution in [3.05, 3.63) is 47.0 Å². The fourth-order valence-electron chi connectivity index (χ4n) is 2.18. The standard InChI is InChI=1S/C14H10ClN5/c1-3-20-12-7-10(16-2)4-5-11(12)18-14(20)9-6-13(15)19-17-8-9/h4-8H,3H2,1H3. The Morgan fingerprint density at radius 2 is 2.20 bits per heavy atom. The number of hydrogen-bond acceptors (Lipinski definition) is 3. The number of aromatic nitrogens is 4. The molecule has 1 aromatic carbocycles. The summed E-state index contributed by atoms with van der Waals surface area (Å²) in [6.45, 7) is 9.88. The monoisotopic (exact) mass is 283 g/mol. The number of nitrogens with zero attached hydrogens (tertiary/aromatic N) is 5. The van der Waals surface area contributed by atoms with Crippen LogP contribution in [-0.4, -0.2) is 19.7 Å². The Kier molecular flexibility index (Phi) is 3.09. The van der Waals surface area contributed by atoms with Gasteiger partial charge < -0.3 is 4.57 Å². The molecule has 5 nitrogen and oxygen atoms in total. The summed E-state index contributed by atoms with van der Waals surface area (Å²) < 4.78 is 2.04. The second-order valence-corrected chi connectivity index (χ2v) is 4.62. The van der Waals surface area contributed by atoms with E-state index in [1.807, 2.05) is 23.6 Å². The van der Waals surface area contributed by atoms with Crippen molar-refractivity contribution in [3.63, 3.8) is 0 Å². The average molecular weight is 284 g/mol. The number of hydrogen-bond donors (Lipinski definition) is 0. The van der Waals surface area contributed by atoms with Gasteiger partial charge in [0.1, 0.15) is 5.82 Å². The van der Waals surface area contributed by atoms with Gasteiger partial charge >= 0.3 is 0 Å². The first-order chi connectivity index (χ1) is 9.72. The molecule has 0 aliphatic heterocycles. The van der Waals surface area contributed by atoms with E-state index in [4.69, 9.17) is 18.2 Å². The third-order valence-electron chi connectivity index (χ3n) is 3.06. The molecule has 0 saturated heterocycles. The molecule has 0 aliphatic carbocycles. The maximum atomic E-state index is 7.11. The SMILES string of the molecule is [C-]#[N+]c1ccc2nc(-c3cnnc(Cl)c3)n(CC)c2c1. The molecule has 0 radical (unpaired) electrons. The summed E-state index contributed by atoms with van der Waals surface area (Å²) in [6, 6.07) is 7.20. The Morgan fingerprint density at radius 3 is 2.90 bits per heavy atom. The average Bonchev–Trinajstić information content (AvgIpc) is 2.84. The molecule has 0 aliphatic rings. The predicted octanol–water partition coefficient (Wildman–Crippen LogP) is 3.72. The summed E-state index contributed by atoms with van der Waals surface area (Å²) in [5.41, 5.74) is 3.20. The molecule has 2 heterocycles. The predicted molar refractivity (Wildman–Crippen MR) is 77.7 cm³/mol. The Balaban J connectivity index is 2.29. The van der Waals surface area contributed by atoms with Crippen molar-refractivity contribution >= 4 is 28.3 Å². The summed E-state index contributed by atoms with van der Waals surface area (Å²) in [7, 11) is 0. The van der Waals surface area contributed by atoms with Crippen molar-refractivity contribution in [1.82, 2.24) is 19.7 Å². The summed E-state index contributed by atoms with van der Waals surface area (Å²) in [6.07, 6.45) is 1.63. The lowest BCUT2D eigenvalue weighted by Crippen LogP contribution is -1.98. The van der Waals surface area contributed by atoms with Crippen LogP contribution in [0.5, 0.6) is 0 Å². The molecule has 0 saturated carbocycles. The number of imidazole rings is 1. The van der Waals surface area contributed by atoms with Gasteiger partial charge in [0.05, 0.1) is 23.8 Å². The largest absolute Gasteiger partial charge is 0.325 e. The lowest BCUT2D eigenvalue weighted by molar-refractivity contribution is 0.795. The molecule has 0 N–H and O–H groups in total. The smallest absolute Gasteiger partial charge is 0.189 e. The highest BCUT2D eigenvalue weighted by molar-refractivity contribution is 6.29. The minimum absolute atomic E-state index is 0.332. The molecule has 3 aromatic rings. The van der Waals surface area contributed by atoms with Gasteiger partial charge in [0.25, 0.3) is 0 Å². The van der Waals surface area contributed by atoms with Crippen molar-refractivity contribution in [2.75, 3.05) is 0 Å². The second-order valence-electron chi connectivity index (χ2n) is 4.23. The molecule has 20 heavy (non-hydrogen) atoms. The summed E-state index contributed by atoms with van der Waals surface area (Å²) in [5.74, 6) is 0.779. The van der Waals surface area contributed by atoms with E-state index in [-0.39, 0.29) is 0 Å². The highest BCUT2D eigenvalue weighted by atomic mass is 35.5. The van der Waals surface area contributed by atoms with Crippen LogP contribution in [0.3, 0.4) is 0 Å². The van der Waals surface area contributed by atoms with E-state index in [0.29, 0.717) is 10.8 Å². The molecule has 0 spiro atoms. The van der Waals surface area contributed by atoms with E-state index in [2.05, 4.69) is 20.0 Å². The summed E-state index contributed by atoms with van der Waals surface area (Å²) >= 11 is 5.89. The third kappa shape index (κ3) is 2.00. The zero-order valence-corrected chi connectivity index (χ0v) is 11.5. The minimum Gasteiger partial charge on any atom is -0.325 e. The van der Waals surface area contributed by atoms with Gasteiger partial charge in [-0.05, 0) is 25.1 Å². The summed E-state index contributed by atoms with van der Waals surface area (Å²) in [5, 5.41) is 7.93. The number of fused-ring (bicyclic) bond motifs is 1. The first-order valence-electron chi connectivity index (χ1n) is 6.09. The van der Waals surface area contributed by atoms with Crippen LogP contribution in [-0.2, 0) is 6.54 Å². The zero-order chi connectivity index (χ0) is 14.1. The van der Waals surface area contributed by atoms with Crippen LogP contribution in [0, 0.1) is 6.57 Å². The van der Waals surface area contributed by atoms with Crippen LogP contribution in [0.2, 0.25) is 5.15 Å². The van der Waals surface area contributed by atoms with Gasteiger partial charge in [-0.25, -0.2) is 9.83 Å². The molecule has 0 atom stereocenters. The van der Waals surface area contributed by atoms with Crippen molar-refractivity contribution in [1.29, 1.82) is 0 Å². The first-order valence-corrected chi connectivity index (χ1v) is 6.47. The normalized spacial score (nSPS) is 10.7. The van der Waals surface area contributed by atoms with E-state index in [0.717, 1.165) is 29.0 Å². The van der Waals surface area contributed by atoms with Gasteiger partial charge in [-0.1, -0.05) is 17.7 Å². The van der Waals surface area contributed by atoms with Crippen LogP contribution in [0.4, 0.5) is 5.69 Å². The summed E-state index contributed by atoms with van der Waals surface area (Å²) in [4.78, 5) is 8.06. The van der Waals surface area contributed by atoms with E-state index in [1.165, 1.54) is 0 Å². The maximum Gasteiger partial charge on any atom is 0.189 e. The third-order valence-corrected chi connectivity index (χ3v) is 3.24. The highest BCUT2D eigenvalue weighted by Crippen LogP contribution is 2.28. The molecule has 0 amide bonds. The quantitative estimate of drug-likeness (QED) is 0.674. The highest BCUT2D eigenvalue weighted by Gasteiger charge is 2.12. The molecule has 0 unspecified atom stereocenters. The van der Waals surface area contributed by atoms with Gasteiger partial charge in [-0.3, -0.25) is 0 Å². The maximum absolute atomic E-state index is 7.11. The lowest BCUT2D eigenvalue weighted by Gasteiger charge is -2.05. The number of benzene rings is 1. The van der Waals surface area contributed by atoms with Gasteiger partial charge in [0.15, 0.2) is 10.8 Å². The molecule has 0 bridgehead atoms. The first kappa shape index (κ1) is 12.6. The van der Waals surface area contributed by atoms with E-state index in [9.17, 15) is 0 Å². The Labute approximate surface area is 120 Å². The minimum atomic E-state index is 0.332. The van der Waals surface area contributed by atoms with Crippen molar-refractivity contribution < 1.29 is 0 Å². The fourth-order valence-corrected chi connectivity index (χ4v) is 2.35. The van der Waals surface area contributed by atoms with Gasteiger partial charge in [0.2, 0.25) is 0 Å². The van der Waals surface area contributed by atoms with Crippen LogP contribution < -0.4 is 0 Å². The van der Waals surface area contributed by atoms with Crippen LogP contribution >= 0.6 is 11.6 Å². The van der Waals surface area contributed by atoms with Crippen LogP contribution in [0.15, 0.2) is 30.5 Å². The number of halogens is 1. The van der Waals surface area contributed by atoms with Crippen molar-refractivity contribution in [3.8, 4) is 11.4 Å². The fraction of sp³-hybridized carbons (Fsp3) is 0.143. The van der Waals surface area contributed by atoms with E-state index < -0.39 is 0 Å². The topological polar surface area (TPSA) is 48.0 Å². The van der Waals surface area contributed by atoms with Gasteiger partial charge in [-0.15, -0.1) is 5.10 Å². The van der Waals surface area contributed by atoms with Crippen molar-refractivity contribution in [2.45, 2.75) is 13.5 Å². The molecule has 3 rings (SSSR count). The van der Waals surface area contributed by atoms with Crippen LogP contribution in [0.1, 0.15) is 6.92 Å². The number of aryl methyl sites for hydroxylation is 1. The van der Waals surface area contributed by atoms with E-state index in [1.54, 1.807) is 18.3 Å². The molecular formula is C14H10ClN5. The second kappa shape index (κ2) is 4.91. The Morgan fingerprint density at radius 1 is 1.35 bits per heavy atom. The molecule has 2 aromatic heterocycles. The van der Waals surface area contributed by atoms with E-state index >= 15 is 0 Å². The Hall–Kier alpha value is -2.45. The molecule has 6 heteroatoms.